The van der Waals surface area contributed by atoms with Crippen molar-refractivity contribution in [1.29, 1.82) is 0 Å². The molecule has 0 radical (unpaired) electrons. The summed E-state index contributed by atoms with van der Waals surface area (Å²) >= 11 is 0. The molecule has 0 aliphatic rings. The minimum absolute atomic E-state index is 0.0233. The molecule has 0 fully saturated rings. The second kappa shape index (κ2) is 5.36. The summed E-state index contributed by atoms with van der Waals surface area (Å²) in [6.07, 6.45) is -0.0607. The van der Waals surface area contributed by atoms with Gasteiger partial charge in [-0.1, -0.05) is 6.07 Å². The molecule has 20 heavy (non-hydrogen) atoms. The van der Waals surface area contributed by atoms with Crippen molar-refractivity contribution in [3.8, 4) is 5.75 Å². The maximum atomic E-state index is 12.1. The minimum atomic E-state index is -1.12. The van der Waals surface area contributed by atoms with E-state index in [1.807, 2.05) is 20.8 Å². The third-order valence-electron chi connectivity index (χ3n) is 2.99. The predicted molar refractivity (Wildman–Crippen MR) is 76.6 cm³/mol. The molecule has 1 heterocycles. The van der Waals surface area contributed by atoms with Crippen LogP contribution >= 0.6 is 0 Å². The number of nitrogens with zero attached hydrogens (tertiary/aromatic N) is 1. The van der Waals surface area contributed by atoms with Gasteiger partial charge in [-0.05, 0) is 32.9 Å². The van der Waals surface area contributed by atoms with Crippen molar-refractivity contribution in [2.75, 3.05) is 0 Å². The van der Waals surface area contributed by atoms with Crippen molar-refractivity contribution < 1.29 is 14.6 Å². The lowest BCUT2D eigenvalue weighted by molar-refractivity contribution is 0.0685. The number of benzene rings is 1. The molecule has 0 saturated carbocycles. The molecular weight excluding hydrogens is 258 g/mol. The number of ether oxygens (including phenoxy) is 1. The van der Waals surface area contributed by atoms with Gasteiger partial charge in [0.25, 0.3) is 0 Å². The third kappa shape index (κ3) is 2.39. The minimum Gasteiger partial charge on any atom is -0.489 e. The summed E-state index contributed by atoms with van der Waals surface area (Å²) < 4.78 is 7.30. The second-order valence-corrected chi connectivity index (χ2v) is 4.76. The molecule has 2 aromatic rings. The number of rotatable bonds is 4. The van der Waals surface area contributed by atoms with Crippen LogP contribution in [0.4, 0.5) is 0 Å². The lowest BCUT2D eigenvalue weighted by Crippen LogP contribution is -2.19. The molecule has 0 unspecified atom stereocenters. The number of hydrogen-bond donors (Lipinski definition) is 1. The molecule has 5 nitrogen and oxygen atoms in total. The quantitative estimate of drug-likeness (QED) is 0.930. The van der Waals surface area contributed by atoms with Gasteiger partial charge in [-0.3, -0.25) is 4.79 Å². The van der Waals surface area contributed by atoms with E-state index in [9.17, 15) is 14.7 Å². The van der Waals surface area contributed by atoms with Crippen LogP contribution in [-0.4, -0.2) is 21.7 Å². The summed E-state index contributed by atoms with van der Waals surface area (Å²) in [6, 6.07) is 6.33. The Morgan fingerprint density at radius 2 is 2.10 bits per heavy atom. The van der Waals surface area contributed by atoms with Crippen LogP contribution in [0.25, 0.3) is 10.9 Å². The number of pyridine rings is 1. The first-order chi connectivity index (χ1) is 9.45. The summed E-state index contributed by atoms with van der Waals surface area (Å²) in [5, 5.41) is 9.72. The Morgan fingerprint density at radius 3 is 2.65 bits per heavy atom. The molecule has 0 bridgehead atoms. The first-order valence-electron chi connectivity index (χ1n) is 6.52. The molecule has 0 atom stereocenters. The van der Waals surface area contributed by atoms with Gasteiger partial charge in [0.05, 0.1) is 11.6 Å². The Balaban J connectivity index is 2.90. The number of aromatic nitrogens is 1. The molecule has 0 saturated heterocycles. The summed E-state index contributed by atoms with van der Waals surface area (Å²) in [4.78, 5) is 23.4. The zero-order valence-electron chi connectivity index (χ0n) is 11.7. The Labute approximate surface area is 116 Å². The largest absolute Gasteiger partial charge is 0.489 e. The summed E-state index contributed by atoms with van der Waals surface area (Å²) in [5.41, 5.74) is 0.203. The van der Waals surface area contributed by atoms with E-state index < -0.39 is 5.97 Å². The highest BCUT2D eigenvalue weighted by Crippen LogP contribution is 2.25. The zero-order valence-corrected chi connectivity index (χ0v) is 11.7. The number of carboxylic acid groups (broad SMARTS) is 1. The highest BCUT2D eigenvalue weighted by Gasteiger charge is 2.17. The predicted octanol–water partition coefficient (Wildman–Crippen LogP) is 2.51. The fraction of sp³-hybridized carbons (Fsp3) is 0.333. The van der Waals surface area contributed by atoms with E-state index in [2.05, 4.69) is 0 Å². The summed E-state index contributed by atoms with van der Waals surface area (Å²) in [6.45, 7) is 6.04. The van der Waals surface area contributed by atoms with Crippen molar-refractivity contribution >= 4 is 16.9 Å². The van der Waals surface area contributed by atoms with Crippen LogP contribution in [0.2, 0.25) is 0 Å². The fourth-order valence-electron chi connectivity index (χ4n) is 2.25. The number of fused-ring (bicyclic) bond motifs is 1. The molecule has 2 rings (SSSR count). The van der Waals surface area contributed by atoms with Crippen LogP contribution in [0, 0.1) is 0 Å². The van der Waals surface area contributed by atoms with Gasteiger partial charge >= 0.3 is 5.97 Å². The van der Waals surface area contributed by atoms with Gasteiger partial charge in [-0.15, -0.1) is 0 Å². The van der Waals surface area contributed by atoms with Gasteiger partial charge in [0.15, 0.2) is 5.43 Å². The topological polar surface area (TPSA) is 68.5 Å². The number of hydrogen-bond acceptors (Lipinski definition) is 3. The van der Waals surface area contributed by atoms with Crippen LogP contribution in [0.15, 0.2) is 29.1 Å². The van der Waals surface area contributed by atoms with Gasteiger partial charge in [0, 0.05) is 18.0 Å². The lowest BCUT2D eigenvalue weighted by Gasteiger charge is -2.17. The van der Waals surface area contributed by atoms with Gasteiger partial charge in [0.2, 0.25) is 0 Å². The van der Waals surface area contributed by atoms with E-state index in [-0.39, 0.29) is 17.2 Å². The molecule has 1 N–H and O–H groups in total. The van der Waals surface area contributed by atoms with Crippen LogP contribution in [-0.2, 0) is 6.54 Å². The number of aromatic carboxylic acids is 1. The summed E-state index contributed by atoms with van der Waals surface area (Å²) in [5.74, 6) is -0.593. The van der Waals surface area contributed by atoms with E-state index in [0.29, 0.717) is 23.2 Å². The average molecular weight is 275 g/mol. The van der Waals surface area contributed by atoms with Crippen molar-refractivity contribution in [2.45, 2.75) is 33.4 Å². The Kier molecular flexibility index (Phi) is 3.79. The second-order valence-electron chi connectivity index (χ2n) is 4.76. The summed E-state index contributed by atoms with van der Waals surface area (Å²) in [7, 11) is 0. The number of para-hydroxylation sites is 1. The van der Waals surface area contributed by atoms with Gasteiger partial charge in [-0.25, -0.2) is 4.79 Å². The van der Waals surface area contributed by atoms with E-state index in [1.165, 1.54) is 0 Å². The highest BCUT2D eigenvalue weighted by molar-refractivity contribution is 5.92. The fourth-order valence-corrected chi connectivity index (χ4v) is 2.25. The standard InChI is InChI=1S/C15H17NO4/c1-4-16-11(15(18)19)8-12(17)10-6-5-7-13(14(10)16)20-9(2)3/h5-9H,4H2,1-3H3,(H,18,19). The van der Waals surface area contributed by atoms with Crippen LogP contribution in [0.3, 0.4) is 0 Å². The zero-order chi connectivity index (χ0) is 14.9. The maximum Gasteiger partial charge on any atom is 0.352 e. The van der Waals surface area contributed by atoms with Crippen molar-refractivity contribution in [3.63, 3.8) is 0 Å². The van der Waals surface area contributed by atoms with Gasteiger partial charge in [0.1, 0.15) is 11.4 Å². The molecule has 0 amide bonds. The number of carboxylic acids is 1. The van der Waals surface area contributed by atoms with Crippen molar-refractivity contribution in [2.24, 2.45) is 0 Å². The normalized spacial score (nSPS) is 11.0. The highest BCUT2D eigenvalue weighted by atomic mass is 16.5. The molecule has 5 heteroatoms. The molecule has 106 valence electrons. The molecule has 1 aromatic carbocycles. The van der Waals surface area contributed by atoms with Gasteiger partial charge < -0.3 is 14.4 Å². The Bertz CT molecular complexity index is 716. The average Bonchev–Trinajstić information content (AvgIpc) is 2.38. The van der Waals surface area contributed by atoms with E-state index >= 15 is 0 Å². The van der Waals surface area contributed by atoms with Crippen LogP contribution in [0.1, 0.15) is 31.3 Å². The van der Waals surface area contributed by atoms with Crippen molar-refractivity contribution in [1.82, 2.24) is 4.57 Å². The first kappa shape index (κ1) is 14.1. The Hall–Kier alpha value is -2.30. The monoisotopic (exact) mass is 275 g/mol. The molecular formula is C15H17NO4. The van der Waals surface area contributed by atoms with E-state index in [0.717, 1.165) is 6.07 Å². The molecule has 0 aliphatic heterocycles. The molecule has 1 aromatic heterocycles. The third-order valence-corrected chi connectivity index (χ3v) is 2.99. The first-order valence-corrected chi connectivity index (χ1v) is 6.52. The molecule has 0 spiro atoms. The van der Waals surface area contributed by atoms with Crippen molar-refractivity contribution in [3.05, 3.63) is 40.2 Å². The Morgan fingerprint density at radius 1 is 1.40 bits per heavy atom. The lowest BCUT2D eigenvalue weighted by atomic mass is 10.1. The smallest absolute Gasteiger partial charge is 0.352 e. The molecule has 0 aliphatic carbocycles. The van der Waals surface area contributed by atoms with Gasteiger partial charge in [-0.2, -0.15) is 0 Å². The number of aryl methyl sites for hydroxylation is 1. The van der Waals surface area contributed by atoms with Crippen LogP contribution < -0.4 is 10.2 Å². The van der Waals surface area contributed by atoms with E-state index in [1.54, 1.807) is 22.8 Å². The number of carbonyl (C=O) groups is 1. The van der Waals surface area contributed by atoms with E-state index in [4.69, 9.17) is 4.74 Å². The SMILES string of the molecule is CCn1c(C(=O)O)cc(=O)c2cccc(OC(C)C)c21. The maximum absolute atomic E-state index is 12.1. The van der Waals surface area contributed by atoms with Crippen LogP contribution in [0.5, 0.6) is 5.75 Å².